The van der Waals surface area contributed by atoms with Crippen LogP contribution in [0.15, 0.2) is 4.99 Å². The lowest BCUT2D eigenvalue weighted by Crippen LogP contribution is -1.96. The van der Waals surface area contributed by atoms with E-state index in [9.17, 15) is 0 Å². The second-order valence-electron chi connectivity index (χ2n) is 1.18. The van der Waals surface area contributed by atoms with Crippen LogP contribution in [0.2, 0.25) is 0 Å². The molecule has 0 aliphatic carbocycles. The van der Waals surface area contributed by atoms with E-state index < -0.39 is 0 Å². The van der Waals surface area contributed by atoms with E-state index in [1.807, 2.05) is 6.07 Å². The van der Waals surface area contributed by atoms with Crippen LogP contribution in [0.5, 0.6) is 0 Å². The van der Waals surface area contributed by atoms with Gasteiger partial charge in [0.2, 0.25) is 0 Å². The third-order valence-corrected chi connectivity index (χ3v) is 1.38. The summed E-state index contributed by atoms with van der Waals surface area (Å²) in [6, 6.07) is 1.89. The molecule has 2 nitrogen and oxygen atoms in total. The zero-order chi connectivity index (χ0) is 5.11. The zero-order valence-corrected chi connectivity index (χ0v) is 4.40. The summed E-state index contributed by atoms with van der Waals surface area (Å²) in [5.74, 6) is 0.788. The number of rotatable bonds is 0. The molecule has 1 aliphatic rings. The van der Waals surface area contributed by atoms with Crippen molar-refractivity contribution in [1.82, 2.24) is 0 Å². The van der Waals surface area contributed by atoms with Crippen molar-refractivity contribution in [3.05, 3.63) is 0 Å². The van der Waals surface area contributed by atoms with Crippen molar-refractivity contribution in [2.24, 2.45) is 4.99 Å². The molecule has 0 bridgehead atoms. The summed E-state index contributed by atoms with van der Waals surface area (Å²) in [5.41, 5.74) is 2.64. The summed E-state index contributed by atoms with van der Waals surface area (Å²) in [5, 5.41) is 8.17. The molecule has 3 heteroatoms. The molecule has 0 aromatic heterocycles. The maximum absolute atomic E-state index is 8.17. The highest BCUT2D eigenvalue weighted by Gasteiger charge is 2.07. The summed E-state index contributed by atoms with van der Waals surface area (Å²) < 4.78 is 0. The lowest BCUT2D eigenvalue weighted by molar-refractivity contribution is 0.978. The minimum Gasteiger partial charge on any atom is -0.256 e. The van der Waals surface area contributed by atoms with Gasteiger partial charge in [0.1, 0.15) is 11.6 Å². The van der Waals surface area contributed by atoms with E-state index in [0.29, 0.717) is 0 Å². The minimum absolute atomic E-state index is 0.120. The SMILES string of the molecule is N#CC1CS[C]=N1. The van der Waals surface area contributed by atoms with Gasteiger partial charge in [0, 0.05) is 5.75 Å². The standard InChI is InChI=1S/C4H3N2S/c5-1-4-2-7-3-6-4/h4H,2H2. The molecule has 0 amide bonds. The van der Waals surface area contributed by atoms with Gasteiger partial charge in [0.05, 0.1) is 6.07 Å². The Kier molecular flexibility index (Phi) is 1.32. The van der Waals surface area contributed by atoms with Gasteiger partial charge in [-0.15, -0.1) is 11.8 Å². The number of hydrogen-bond acceptors (Lipinski definition) is 3. The van der Waals surface area contributed by atoms with Crippen LogP contribution < -0.4 is 0 Å². The van der Waals surface area contributed by atoms with E-state index in [-0.39, 0.29) is 6.04 Å². The van der Waals surface area contributed by atoms with E-state index in [1.54, 1.807) is 0 Å². The molecule has 7 heavy (non-hydrogen) atoms. The molecule has 0 saturated heterocycles. The molecular weight excluding hydrogens is 108 g/mol. The van der Waals surface area contributed by atoms with Crippen molar-refractivity contribution in [2.45, 2.75) is 6.04 Å². The Morgan fingerprint density at radius 2 is 2.86 bits per heavy atom. The highest BCUT2D eigenvalue weighted by atomic mass is 32.2. The van der Waals surface area contributed by atoms with Gasteiger partial charge in [-0.3, -0.25) is 4.99 Å². The molecule has 0 fully saturated rings. The smallest absolute Gasteiger partial charge is 0.147 e. The van der Waals surface area contributed by atoms with Gasteiger partial charge in [0.15, 0.2) is 0 Å². The second kappa shape index (κ2) is 1.99. The minimum atomic E-state index is -0.120. The van der Waals surface area contributed by atoms with Crippen molar-refractivity contribution in [2.75, 3.05) is 5.75 Å². The first-order valence-corrected chi connectivity index (χ1v) is 2.88. The van der Waals surface area contributed by atoms with Gasteiger partial charge in [-0.25, -0.2) is 0 Å². The van der Waals surface area contributed by atoms with E-state index >= 15 is 0 Å². The molecular formula is C4H3N2S. The first-order chi connectivity index (χ1) is 3.43. The predicted molar refractivity (Wildman–Crippen MR) is 29.3 cm³/mol. The molecule has 0 aromatic carbocycles. The third-order valence-electron chi connectivity index (χ3n) is 0.663. The topological polar surface area (TPSA) is 36.1 Å². The summed E-state index contributed by atoms with van der Waals surface area (Å²) in [4.78, 5) is 3.71. The van der Waals surface area contributed by atoms with Gasteiger partial charge in [-0.05, 0) is 0 Å². The first-order valence-electron chi connectivity index (χ1n) is 1.90. The van der Waals surface area contributed by atoms with Crippen molar-refractivity contribution in [3.8, 4) is 6.07 Å². The maximum atomic E-state index is 8.17. The number of nitrogens with zero attached hydrogens (tertiary/aromatic N) is 2. The van der Waals surface area contributed by atoms with E-state index in [1.165, 1.54) is 11.8 Å². The van der Waals surface area contributed by atoms with Gasteiger partial charge in [0.25, 0.3) is 0 Å². The molecule has 1 heterocycles. The van der Waals surface area contributed by atoms with Crippen LogP contribution >= 0.6 is 11.8 Å². The van der Waals surface area contributed by atoms with Crippen LogP contribution in [-0.4, -0.2) is 17.3 Å². The second-order valence-corrected chi connectivity index (χ2v) is 1.98. The molecule has 1 rings (SSSR count). The highest BCUT2D eigenvalue weighted by molar-refractivity contribution is 8.12. The monoisotopic (exact) mass is 111 g/mol. The van der Waals surface area contributed by atoms with Crippen LogP contribution in [0.3, 0.4) is 0 Å². The Morgan fingerprint density at radius 1 is 2.00 bits per heavy atom. The summed E-state index contributed by atoms with van der Waals surface area (Å²) in [6.07, 6.45) is 0. The van der Waals surface area contributed by atoms with Crippen molar-refractivity contribution in [3.63, 3.8) is 0 Å². The lowest BCUT2D eigenvalue weighted by atomic mass is 10.4. The van der Waals surface area contributed by atoms with Gasteiger partial charge in [-0.1, -0.05) is 0 Å². The molecule has 35 valence electrons. The summed E-state index contributed by atoms with van der Waals surface area (Å²) in [7, 11) is 0. The number of aliphatic imine (C=N–C) groups is 1. The quantitative estimate of drug-likeness (QED) is 0.457. The Balaban J connectivity index is 2.47. The van der Waals surface area contributed by atoms with Gasteiger partial charge in [-0.2, -0.15) is 5.26 Å². The molecule has 1 radical (unpaired) electrons. The van der Waals surface area contributed by atoms with E-state index in [0.717, 1.165) is 5.75 Å². The van der Waals surface area contributed by atoms with Crippen LogP contribution in [0.25, 0.3) is 0 Å². The number of hydrogen-bond donors (Lipinski definition) is 0. The fourth-order valence-electron chi connectivity index (χ4n) is 0.320. The van der Waals surface area contributed by atoms with Crippen molar-refractivity contribution < 1.29 is 0 Å². The van der Waals surface area contributed by atoms with Crippen LogP contribution in [-0.2, 0) is 0 Å². The molecule has 0 N–H and O–H groups in total. The first kappa shape index (κ1) is 4.66. The van der Waals surface area contributed by atoms with Crippen LogP contribution in [0, 0.1) is 11.3 Å². The molecule has 0 aromatic rings. The predicted octanol–water partition coefficient (Wildman–Crippen LogP) is 0.531. The number of thioether (sulfide) groups is 1. The van der Waals surface area contributed by atoms with Crippen LogP contribution in [0.1, 0.15) is 0 Å². The number of nitriles is 1. The third kappa shape index (κ3) is 0.937. The largest absolute Gasteiger partial charge is 0.256 e. The van der Waals surface area contributed by atoms with Crippen molar-refractivity contribution >= 4 is 17.3 Å². The summed E-state index contributed by atoms with van der Waals surface area (Å²) >= 11 is 1.47. The molecule has 1 aliphatic heterocycles. The Labute approximate surface area is 46.2 Å². The Morgan fingerprint density at radius 3 is 3.14 bits per heavy atom. The van der Waals surface area contributed by atoms with Gasteiger partial charge < -0.3 is 0 Å². The molecule has 1 atom stereocenters. The summed E-state index contributed by atoms with van der Waals surface area (Å²) in [6.45, 7) is 0. The normalized spacial score (nSPS) is 27.6. The Bertz CT molecular complexity index is 124. The average Bonchev–Trinajstić information content (AvgIpc) is 2.14. The Hall–Kier alpha value is -0.490. The average molecular weight is 111 g/mol. The van der Waals surface area contributed by atoms with Crippen molar-refractivity contribution in [1.29, 1.82) is 5.26 Å². The fourth-order valence-corrected chi connectivity index (χ4v) is 0.904. The molecule has 0 spiro atoms. The molecule has 0 saturated carbocycles. The van der Waals surface area contributed by atoms with Gasteiger partial charge >= 0.3 is 0 Å². The van der Waals surface area contributed by atoms with Crippen LogP contribution in [0.4, 0.5) is 0 Å². The van der Waals surface area contributed by atoms with E-state index in [4.69, 9.17) is 5.26 Å². The maximum Gasteiger partial charge on any atom is 0.147 e. The zero-order valence-electron chi connectivity index (χ0n) is 3.59. The lowest BCUT2D eigenvalue weighted by Gasteiger charge is -1.84. The fraction of sp³-hybridized carbons (Fsp3) is 0.500. The molecule has 1 unspecified atom stereocenters. The highest BCUT2D eigenvalue weighted by Crippen LogP contribution is 2.08. The van der Waals surface area contributed by atoms with E-state index in [2.05, 4.69) is 10.5 Å².